The number of aromatic nitrogens is 1. The van der Waals surface area contributed by atoms with Crippen LogP contribution in [0.3, 0.4) is 0 Å². The van der Waals surface area contributed by atoms with E-state index in [9.17, 15) is 9.90 Å². The molecule has 1 aromatic heterocycles. The molecule has 2 rings (SSSR count). The smallest absolute Gasteiger partial charge is 0.347 e. The SMILES string of the molecule is Cc1cccc(SCc2nc(C(C)(C)C)c(C(=O)O)s2)c1. The van der Waals surface area contributed by atoms with Gasteiger partial charge in [-0.05, 0) is 19.1 Å². The number of aromatic carboxylic acids is 1. The lowest BCUT2D eigenvalue weighted by molar-refractivity contribution is 0.0699. The molecule has 0 aliphatic carbocycles. The minimum atomic E-state index is -0.885. The van der Waals surface area contributed by atoms with Gasteiger partial charge >= 0.3 is 5.97 Å². The monoisotopic (exact) mass is 321 g/mol. The summed E-state index contributed by atoms with van der Waals surface area (Å²) in [6.45, 7) is 8.04. The van der Waals surface area contributed by atoms with Crippen LogP contribution in [0.2, 0.25) is 0 Å². The van der Waals surface area contributed by atoms with E-state index in [0.717, 1.165) is 5.01 Å². The fourth-order valence-corrected chi connectivity index (χ4v) is 4.05. The first-order valence-corrected chi connectivity index (χ1v) is 8.50. The van der Waals surface area contributed by atoms with Crippen LogP contribution in [-0.2, 0) is 11.2 Å². The summed E-state index contributed by atoms with van der Waals surface area (Å²) in [5.41, 5.74) is 1.65. The van der Waals surface area contributed by atoms with Gasteiger partial charge in [-0.1, -0.05) is 38.5 Å². The molecule has 0 unspecified atom stereocenters. The van der Waals surface area contributed by atoms with Crippen molar-refractivity contribution in [3.63, 3.8) is 0 Å². The van der Waals surface area contributed by atoms with Gasteiger partial charge in [-0.2, -0.15) is 0 Å². The van der Waals surface area contributed by atoms with E-state index in [2.05, 4.69) is 30.1 Å². The molecule has 0 spiro atoms. The number of carboxylic acid groups (broad SMARTS) is 1. The van der Waals surface area contributed by atoms with Crippen molar-refractivity contribution in [2.24, 2.45) is 0 Å². The third-order valence-corrected chi connectivity index (χ3v) is 5.16. The zero-order valence-corrected chi connectivity index (χ0v) is 14.3. The predicted molar refractivity (Wildman–Crippen MR) is 88.5 cm³/mol. The van der Waals surface area contributed by atoms with Gasteiger partial charge < -0.3 is 5.11 Å². The number of benzene rings is 1. The van der Waals surface area contributed by atoms with Crippen molar-refractivity contribution < 1.29 is 9.90 Å². The number of thiazole rings is 1. The first-order chi connectivity index (χ1) is 9.77. The molecule has 1 N–H and O–H groups in total. The zero-order valence-electron chi connectivity index (χ0n) is 12.6. The highest BCUT2D eigenvalue weighted by atomic mass is 32.2. The second-order valence-corrected chi connectivity index (χ2v) is 8.08. The van der Waals surface area contributed by atoms with Gasteiger partial charge in [0.2, 0.25) is 0 Å². The molecule has 0 atom stereocenters. The summed E-state index contributed by atoms with van der Waals surface area (Å²) in [6.07, 6.45) is 0. The molecule has 0 fully saturated rings. The maximum Gasteiger partial charge on any atom is 0.347 e. The standard InChI is InChI=1S/C16H19NO2S2/c1-10-6-5-7-11(8-10)20-9-12-17-14(16(2,3)4)13(21-12)15(18)19/h5-8H,9H2,1-4H3,(H,18,19). The predicted octanol–water partition coefficient (Wildman–Crippen LogP) is 4.74. The van der Waals surface area contributed by atoms with E-state index in [1.165, 1.54) is 21.8 Å². The number of thioether (sulfide) groups is 1. The average Bonchev–Trinajstić information content (AvgIpc) is 2.81. The lowest BCUT2D eigenvalue weighted by Crippen LogP contribution is -2.16. The second-order valence-electron chi connectivity index (χ2n) is 5.95. The number of carboxylic acids is 1. The Morgan fingerprint density at radius 2 is 2.10 bits per heavy atom. The molecule has 0 amide bonds. The van der Waals surface area contributed by atoms with Gasteiger partial charge in [-0.25, -0.2) is 9.78 Å². The fourth-order valence-electron chi connectivity index (χ4n) is 1.93. The van der Waals surface area contributed by atoms with Crippen molar-refractivity contribution in [1.29, 1.82) is 0 Å². The van der Waals surface area contributed by atoms with E-state index in [0.29, 0.717) is 16.3 Å². The fraction of sp³-hybridized carbons (Fsp3) is 0.375. The van der Waals surface area contributed by atoms with Crippen LogP contribution in [0.4, 0.5) is 0 Å². The highest BCUT2D eigenvalue weighted by molar-refractivity contribution is 7.98. The van der Waals surface area contributed by atoms with E-state index >= 15 is 0 Å². The summed E-state index contributed by atoms with van der Waals surface area (Å²) in [5.74, 6) is -0.186. The van der Waals surface area contributed by atoms with E-state index in [1.54, 1.807) is 11.8 Å². The molecule has 0 aliphatic heterocycles. The molecule has 0 aliphatic rings. The summed E-state index contributed by atoms with van der Waals surface area (Å²) in [4.78, 5) is 17.5. The van der Waals surface area contributed by atoms with Crippen molar-refractivity contribution in [3.05, 3.63) is 45.4 Å². The maximum atomic E-state index is 11.4. The number of nitrogens with zero attached hydrogens (tertiary/aromatic N) is 1. The minimum Gasteiger partial charge on any atom is -0.477 e. The quantitative estimate of drug-likeness (QED) is 0.826. The Balaban J connectivity index is 2.20. The van der Waals surface area contributed by atoms with Crippen molar-refractivity contribution >= 4 is 29.1 Å². The largest absolute Gasteiger partial charge is 0.477 e. The molecule has 0 saturated heterocycles. The number of hydrogen-bond donors (Lipinski definition) is 1. The highest BCUT2D eigenvalue weighted by Crippen LogP contribution is 2.32. The Labute approximate surface area is 133 Å². The van der Waals surface area contributed by atoms with Crippen molar-refractivity contribution in [2.45, 2.75) is 43.8 Å². The van der Waals surface area contributed by atoms with Crippen LogP contribution in [0, 0.1) is 6.92 Å². The van der Waals surface area contributed by atoms with Crippen LogP contribution in [-0.4, -0.2) is 16.1 Å². The molecule has 0 bridgehead atoms. The van der Waals surface area contributed by atoms with Crippen LogP contribution >= 0.6 is 23.1 Å². The lowest BCUT2D eigenvalue weighted by Gasteiger charge is -2.16. The van der Waals surface area contributed by atoms with Crippen molar-refractivity contribution in [3.8, 4) is 0 Å². The maximum absolute atomic E-state index is 11.4. The molecule has 2 aromatic rings. The van der Waals surface area contributed by atoms with E-state index in [-0.39, 0.29) is 5.41 Å². The van der Waals surface area contributed by atoms with Crippen molar-refractivity contribution in [2.75, 3.05) is 0 Å². The number of carbonyl (C=O) groups is 1. The molecular formula is C16H19NO2S2. The number of hydrogen-bond acceptors (Lipinski definition) is 4. The Kier molecular flexibility index (Phi) is 4.74. The summed E-state index contributed by atoms with van der Waals surface area (Å²) in [6, 6.07) is 8.28. The summed E-state index contributed by atoms with van der Waals surface area (Å²) in [5, 5.41) is 10.2. The lowest BCUT2D eigenvalue weighted by atomic mass is 9.91. The Bertz CT molecular complexity index is 657. The summed E-state index contributed by atoms with van der Waals surface area (Å²) >= 11 is 2.97. The third-order valence-electron chi connectivity index (χ3n) is 2.93. The van der Waals surface area contributed by atoms with Gasteiger partial charge in [0.15, 0.2) is 0 Å². The Morgan fingerprint density at radius 3 is 2.62 bits per heavy atom. The molecule has 21 heavy (non-hydrogen) atoms. The van der Waals surface area contributed by atoms with Gasteiger partial charge in [0.25, 0.3) is 0 Å². The van der Waals surface area contributed by atoms with Crippen LogP contribution < -0.4 is 0 Å². The van der Waals surface area contributed by atoms with Crippen LogP contribution in [0.15, 0.2) is 29.2 Å². The zero-order chi connectivity index (χ0) is 15.6. The molecular weight excluding hydrogens is 302 g/mol. The Hall–Kier alpha value is -1.33. The molecule has 3 nitrogen and oxygen atoms in total. The molecule has 5 heteroatoms. The third kappa shape index (κ3) is 4.08. The van der Waals surface area contributed by atoms with Crippen LogP contribution in [0.5, 0.6) is 0 Å². The number of aryl methyl sites for hydroxylation is 1. The average molecular weight is 321 g/mol. The summed E-state index contributed by atoms with van der Waals surface area (Å²) in [7, 11) is 0. The van der Waals surface area contributed by atoms with Crippen molar-refractivity contribution in [1.82, 2.24) is 4.98 Å². The normalized spacial score (nSPS) is 11.6. The number of rotatable bonds is 4. The van der Waals surface area contributed by atoms with Crippen LogP contribution in [0.1, 0.15) is 46.7 Å². The topological polar surface area (TPSA) is 50.2 Å². The molecule has 0 saturated carbocycles. The highest BCUT2D eigenvalue weighted by Gasteiger charge is 2.26. The first-order valence-electron chi connectivity index (χ1n) is 6.70. The first kappa shape index (κ1) is 16.0. The minimum absolute atomic E-state index is 0.253. The molecule has 1 heterocycles. The van der Waals surface area contributed by atoms with Gasteiger partial charge in [0.05, 0.1) is 11.4 Å². The molecule has 0 radical (unpaired) electrons. The summed E-state index contributed by atoms with van der Waals surface area (Å²) < 4.78 is 0. The van der Waals surface area contributed by atoms with Gasteiger partial charge in [0, 0.05) is 10.3 Å². The molecule has 1 aromatic carbocycles. The Morgan fingerprint density at radius 1 is 1.38 bits per heavy atom. The second kappa shape index (κ2) is 6.20. The van der Waals surface area contributed by atoms with Gasteiger partial charge in [0.1, 0.15) is 9.88 Å². The van der Waals surface area contributed by atoms with E-state index in [1.807, 2.05) is 26.8 Å². The van der Waals surface area contributed by atoms with Gasteiger partial charge in [-0.15, -0.1) is 23.1 Å². The van der Waals surface area contributed by atoms with E-state index < -0.39 is 5.97 Å². The van der Waals surface area contributed by atoms with Crippen LogP contribution in [0.25, 0.3) is 0 Å². The van der Waals surface area contributed by atoms with Gasteiger partial charge in [-0.3, -0.25) is 0 Å². The molecule has 112 valence electrons. The van der Waals surface area contributed by atoms with E-state index in [4.69, 9.17) is 0 Å².